The van der Waals surface area contributed by atoms with Gasteiger partial charge in [-0.3, -0.25) is 4.79 Å². The highest BCUT2D eigenvalue weighted by Gasteiger charge is 2.18. The number of amides is 1. The van der Waals surface area contributed by atoms with Gasteiger partial charge in [0.05, 0.1) is 11.3 Å². The van der Waals surface area contributed by atoms with Gasteiger partial charge in [-0.05, 0) is 50.3 Å². The molecule has 1 aromatic carbocycles. The topological polar surface area (TPSA) is 65.8 Å². The number of anilines is 1. The summed E-state index contributed by atoms with van der Waals surface area (Å²) in [6.45, 7) is 3.53. The minimum Gasteiger partial charge on any atom is -0.326 e. The van der Waals surface area contributed by atoms with E-state index >= 15 is 0 Å². The number of allylic oxidation sites excluding steroid dienone is 2. The number of thiazole rings is 1. The van der Waals surface area contributed by atoms with E-state index in [4.69, 9.17) is 4.98 Å². The molecule has 1 aliphatic carbocycles. The maximum atomic E-state index is 11.1. The van der Waals surface area contributed by atoms with Crippen LogP contribution in [0.4, 0.5) is 5.69 Å². The van der Waals surface area contributed by atoms with Gasteiger partial charge < -0.3 is 5.32 Å². The van der Waals surface area contributed by atoms with Crippen LogP contribution >= 0.6 is 11.3 Å². The fourth-order valence-corrected chi connectivity index (χ4v) is 4.17. The molecule has 1 amide bonds. The van der Waals surface area contributed by atoms with Crippen molar-refractivity contribution in [3.63, 3.8) is 0 Å². The van der Waals surface area contributed by atoms with Crippen molar-refractivity contribution in [3.05, 3.63) is 39.7 Å². The number of aryl methyl sites for hydroxylation is 1. The Labute approximate surface area is 152 Å². The average molecular weight is 351 g/mol. The molecule has 128 valence electrons. The van der Waals surface area contributed by atoms with E-state index in [-0.39, 0.29) is 5.91 Å². The van der Waals surface area contributed by atoms with Crippen LogP contribution in [0, 0.1) is 18.3 Å². The smallest absolute Gasteiger partial charge is 0.221 e. The number of hydrogen-bond acceptors (Lipinski definition) is 4. The number of rotatable bonds is 3. The predicted octanol–water partition coefficient (Wildman–Crippen LogP) is 5.32. The molecule has 1 aliphatic rings. The van der Waals surface area contributed by atoms with E-state index in [2.05, 4.69) is 11.4 Å². The van der Waals surface area contributed by atoms with Crippen molar-refractivity contribution < 1.29 is 4.79 Å². The Hall–Kier alpha value is -2.45. The molecule has 1 aromatic heterocycles. The Morgan fingerprint density at radius 2 is 1.88 bits per heavy atom. The number of nitriles is 1. The summed E-state index contributed by atoms with van der Waals surface area (Å²) in [5.74, 6) is -0.0855. The highest BCUT2D eigenvalue weighted by Crippen LogP contribution is 2.35. The van der Waals surface area contributed by atoms with Gasteiger partial charge in [0.15, 0.2) is 0 Å². The van der Waals surface area contributed by atoms with Gasteiger partial charge in [-0.15, -0.1) is 11.3 Å². The van der Waals surface area contributed by atoms with Crippen molar-refractivity contribution in [3.8, 4) is 17.3 Å². The van der Waals surface area contributed by atoms with Crippen LogP contribution in [0.1, 0.15) is 48.9 Å². The summed E-state index contributed by atoms with van der Waals surface area (Å²) in [6, 6.07) is 10.1. The van der Waals surface area contributed by atoms with Gasteiger partial charge in [0.25, 0.3) is 0 Å². The van der Waals surface area contributed by atoms with Crippen molar-refractivity contribution in [1.82, 2.24) is 4.98 Å². The lowest BCUT2D eigenvalue weighted by molar-refractivity contribution is -0.114. The summed E-state index contributed by atoms with van der Waals surface area (Å²) in [4.78, 5) is 17.0. The van der Waals surface area contributed by atoms with E-state index in [0.717, 1.165) is 45.2 Å². The molecule has 2 aromatic rings. The first kappa shape index (κ1) is 17.4. The SMILES string of the molecule is CC(=O)Nc1ccc(-c2nc(C(C#N)=C3CCCCC3)sc2C)cc1. The Morgan fingerprint density at radius 3 is 2.48 bits per heavy atom. The van der Waals surface area contributed by atoms with Crippen LogP contribution in [0.3, 0.4) is 0 Å². The highest BCUT2D eigenvalue weighted by molar-refractivity contribution is 7.13. The molecule has 4 nitrogen and oxygen atoms in total. The first-order valence-corrected chi connectivity index (χ1v) is 9.38. The summed E-state index contributed by atoms with van der Waals surface area (Å²) in [5, 5.41) is 13.2. The molecule has 0 bridgehead atoms. The molecule has 1 N–H and O–H groups in total. The number of carbonyl (C=O) groups excluding carboxylic acids is 1. The van der Waals surface area contributed by atoms with Gasteiger partial charge in [-0.2, -0.15) is 5.26 Å². The lowest BCUT2D eigenvalue weighted by Gasteiger charge is -2.14. The Kier molecular flexibility index (Phi) is 5.30. The highest BCUT2D eigenvalue weighted by atomic mass is 32.1. The second kappa shape index (κ2) is 7.62. The Morgan fingerprint density at radius 1 is 1.20 bits per heavy atom. The van der Waals surface area contributed by atoms with Crippen LogP contribution in [-0.4, -0.2) is 10.9 Å². The fraction of sp³-hybridized carbons (Fsp3) is 0.350. The summed E-state index contributed by atoms with van der Waals surface area (Å²) in [5.41, 5.74) is 4.72. The molecule has 1 saturated carbocycles. The standard InChI is InChI=1S/C20H21N3OS/c1-13-19(16-8-10-17(11-9-16)22-14(2)24)23-20(25-13)18(12-21)15-6-4-3-5-7-15/h8-11H,3-7H2,1-2H3,(H,22,24). The lowest BCUT2D eigenvalue weighted by Crippen LogP contribution is -2.05. The quantitative estimate of drug-likeness (QED) is 0.761. The van der Waals surface area contributed by atoms with Crippen LogP contribution in [0.25, 0.3) is 16.8 Å². The number of benzene rings is 1. The van der Waals surface area contributed by atoms with Crippen LogP contribution < -0.4 is 5.32 Å². The zero-order valence-electron chi connectivity index (χ0n) is 14.6. The molecule has 3 rings (SSSR count). The average Bonchev–Trinajstić information content (AvgIpc) is 2.98. The molecule has 5 heteroatoms. The Bertz CT molecular complexity index is 848. The third-order valence-electron chi connectivity index (χ3n) is 4.41. The lowest BCUT2D eigenvalue weighted by atomic mass is 9.91. The summed E-state index contributed by atoms with van der Waals surface area (Å²) >= 11 is 1.59. The first-order valence-electron chi connectivity index (χ1n) is 8.56. The zero-order chi connectivity index (χ0) is 17.8. The maximum absolute atomic E-state index is 11.1. The Balaban J connectivity index is 1.92. The second-order valence-electron chi connectivity index (χ2n) is 6.33. The number of carbonyl (C=O) groups is 1. The van der Waals surface area contributed by atoms with E-state index in [1.807, 2.05) is 31.2 Å². The van der Waals surface area contributed by atoms with Gasteiger partial charge >= 0.3 is 0 Å². The zero-order valence-corrected chi connectivity index (χ0v) is 15.4. The van der Waals surface area contributed by atoms with E-state index in [1.54, 1.807) is 11.3 Å². The van der Waals surface area contributed by atoms with Gasteiger partial charge in [-0.25, -0.2) is 4.98 Å². The molecule has 0 atom stereocenters. The molecule has 1 heterocycles. The summed E-state index contributed by atoms with van der Waals surface area (Å²) < 4.78 is 0. The maximum Gasteiger partial charge on any atom is 0.221 e. The van der Waals surface area contributed by atoms with Gasteiger partial charge in [0, 0.05) is 23.1 Å². The third-order valence-corrected chi connectivity index (χ3v) is 5.40. The number of nitrogens with one attached hydrogen (secondary N) is 1. The molecular formula is C20H21N3OS. The van der Waals surface area contributed by atoms with Crippen LogP contribution in [0.15, 0.2) is 29.8 Å². The number of aromatic nitrogens is 1. The molecule has 0 unspecified atom stereocenters. The molecule has 0 radical (unpaired) electrons. The first-order chi connectivity index (χ1) is 12.1. The molecular weight excluding hydrogens is 330 g/mol. The number of hydrogen-bond donors (Lipinski definition) is 1. The molecule has 25 heavy (non-hydrogen) atoms. The minimum absolute atomic E-state index is 0.0855. The molecule has 0 aliphatic heterocycles. The summed E-state index contributed by atoms with van der Waals surface area (Å²) in [7, 11) is 0. The minimum atomic E-state index is -0.0855. The monoisotopic (exact) mass is 351 g/mol. The van der Waals surface area contributed by atoms with Crippen LogP contribution in [0.5, 0.6) is 0 Å². The van der Waals surface area contributed by atoms with Crippen molar-refractivity contribution in [2.24, 2.45) is 0 Å². The van der Waals surface area contributed by atoms with E-state index in [1.165, 1.54) is 31.8 Å². The third kappa shape index (κ3) is 3.97. The van der Waals surface area contributed by atoms with E-state index < -0.39 is 0 Å². The predicted molar refractivity (Wildman–Crippen MR) is 102 cm³/mol. The molecule has 0 spiro atoms. The largest absolute Gasteiger partial charge is 0.326 e. The van der Waals surface area contributed by atoms with Gasteiger partial charge in [0.1, 0.15) is 11.1 Å². The molecule has 1 fully saturated rings. The van der Waals surface area contributed by atoms with Crippen LogP contribution in [0.2, 0.25) is 0 Å². The van der Waals surface area contributed by atoms with Crippen molar-refractivity contribution in [2.75, 3.05) is 5.32 Å². The second-order valence-corrected chi connectivity index (χ2v) is 7.54. The fourth-order valence-electron chi connectivity index (χ4n) is 3.19. The van der Waals surface area contributed by atoms with Crippen molar-refractivity contribution >= 4 is 28.5 Å². The van der Waals surface area contributed by atoms with E-state index in [9.17, 15) is 10.1 Å². The van der Waals surface area contributed by atoms with Gasteiger partial charge in [0.2, 0.25) is 5.91 Å². The number of nitrogens with zero attached hydrogens (tertiary/aromatic N) is 2. The normalized spacial score (nSPS) is 14.0. The van der Waals surface area contributed by atoms with Crippen molar-refractivity contribution in [1.29, 1.82) is 5.26 Å². The van der Waals surface area contributed by atoms with Crippen LogP contribution in [-0.2, 0) is 4.79 Å². The van der Waals surface area contributed by atoms with E-state index in [0.29, 0.717) is 0 Å². The van der Waals surface area contributed by atoms with Crippen molar-refractivity contribution in [2.45, 2.75) is 46.0 Å². The van der Waals surface area contributed by atoms with Gasteiger partial charge in [-0.1, -0.05) is 18.6 Å². The molecule has 0 saturated heterocycles. The summed E-state index contributed by atoms with van der Waals surface area (Å²) in [6.07, 6.45) is 5.63.